The molecule has 0 N–H and O–H groups in total. The van der Waals surface area contributed by atoms with Gasteiger partial charge < -0.3 is 4.74 Å². The van der Waals surface area contributed by atoms with Gasteiger partial charge in [0.15, 0.2) is 0 Å². The number of hydrogen-bond acceptors (Lipinski definition) is 3. The number of nitrogens with zero attached hydrogens (tertiary/aromatic N) is 1. The normalized spacial score (nSPS) is 24.0. The number of ether oxygens (including phenoxy) is 1. The number of methoxy groups -OCH3 is 1. The van der Waals surface area contributed by atoms with Crippen molar-refractivity contribution in [3.05, 3.63) is 24.3 Å². The number of rotatable bonds is 3. The molecule has 0 aliphatic heterocycles. The Balaban J connectivity index is 2.08. The first-order valence-corrected chi connectivity index (χ1v) is 7.42. The van der Waals surface area contributed by atoms with Crippen molar-refractivity contribution in [1.82, 2.24) is 0 Å². The van der Waals surface area contributed by atoms with E-state index >= 15 is 0 Å². The minimum absolute atomic E-state index is 0.198. The van der Waals surface area contributed by atoms with Crippen LogP contribution in [0.15, 0.2) is 29.2 Å². The van der Waals surface area contributed by atoms with E-state index in [1.54, 1.807) is 7.11 Å². The van der Waals surface area contributed by atoms with Crippen LogP contribution in [-0.4, -0.2) is 12.4 Å². The summed E-state index contributed by atoms with van der Waals surface area (Å²) in [5.41, 5.74) is 0. The van der Waals surface area contributed by atoms with Crippen molar-refractivity contribution in [2.45, 2.75) is 42.2 Å². The van der Waals surface area contributed by atoms with Crippen molar-refractivity contribution in [1.29, 1.82) is 5.26 Å². The molecule has 0 amide bonds. The van der Waals surface area contributed by atoms with Gasteiger partial charge in [0.05, 0.1) is 19.1 Å². The Morgan fingerprint density at radius 2 is 2.11 bits per heavy atom. The van der Waals surface area contributed by atoms with Crippen LogP contribution in [0, 0.1) is 17.2 Å². The molecule has 0 bridgehead atoms. The van der Waals surface area contributed by atoms with Gasteiger partial charge in [-0.3, -0.25) is 0 Å². The van der Waals surface area contributed by atoms with E-state index in [1.165, 1.54) is 24.2 Å². The fourth-order valence-electron chi connectivity index (χ4n) is 2.41. The van der Waals surface area contributed by atoms with Crippen molar-refractivity contribution in [2.75, 3.05) is 7.11 Å². The molecule has 0 aromatic heterocycles. The quantitative estimate of drug-likeness (QED) is 0.762. The highest BCUT2D eigenvalue weighted by atomic mass is 32.2. The molecule has 1 aliphatic carbocycles. The zero-order valence-corrected chi connectivity index (χ0v) is 11.6. The molecule has 2 nitrogen and oxygen atoms in total. The Labute approximate surface area is 113 Å². The van der Waals surface area contributed by atoms with Crippen molar-refractivity contribution < 1.29 is 4.74 Å². The van der Waals surface area contributed by atoms with Crippen LogP contribution < -0.4 is 4.74 Å². The van der Waals surface area contributed by atoms with Crippen LogP contribution in [0.2, 0.25) is 0 Å². The van der Waals surface area contributed by atoms with Crippen LogP contribution in [0.3, 0.4) is 0 Å². The lowest BCUT2D eigenvalue weighted by Crippen LogP contribution is -2.13. The predicted octanol–water partition coefficient (Wildman–Crippen LogP) is 4.26. The summed E-state index contributed by atoms with van der Waals surface area (Å²) in [6, 6.07) is 10.6. The molecule has 2 atom stereocenters. The van der Waals surface area contributed by atoms with E-state index in [1.807, 2.05) is 23.9 Å². The van der Waals surface area contributed by atoms with Crippen LogP contribution in [0.1, 0.15) is 32.1 Å². The highest BCUT2D eigenvalue weighted by Gasteiger charge is 2.24. The molecule has 1 aromatic rings. The molecule has 96 valence electrons. The first-order valence-electron chi connectivity index (χ1n) is 6.54. The maximum absolute atomic E-state index is 9.28. The van der Waals surface area contributed by atoms with E-state index in [4.69, 9.17) is 4.74 Å². The summed E-state index contributed by atoms with van der Waals surface area (Å²) in [5.74, 6) is 1.09. The smallest absolute Gasteiger partial charge is 0.119 e. The van der Waals surface area contributed by atoms with Gasteiger partial charge in [0.2, 0.25) is 0 Å². The maximum Gasteiger partial charge on any atom is 0.119 e. The summed E-state index contributed by atoms with van der Waals surface area (Å²) in [5, 5.41) is 9.71. The molecule has 2 rings (SSSR count). The van der Waals surface area contributed by atoms with E-state index < -0.39 is 0 Å². The van der Waals surface area contributed by atoms with Crippen LogP contribution in [0.4, 0.5) is 0 Å². The second-order valence-corrected chi connectivity index (χ2v) is 6.02. The van der Waals surface area contributed by atoms with Crippen molar-refractivity contribution in [3.63, 3.8) is 0 Å². The van der Waals surface area contributed by atoms with Gasteiger partial charge in [-0.15, -0.1) is 11.8 Å². The molecule has 1 fully saturated rings. The van der Waals surface area contributed by atoms with Crippen LogP contribution in [0.5, 0.6) is 5.75 Å². The molecule has 0 saturated heterocycles. The molecule has 0 radical (unpaired) electrons. The number of hydrogen-bond donors (Lipinski definition) is 0. The van der Waals surface area contributed by atoms with Gasteiger partial charge in [0, 0.05) is 10.1 Å². The summed E-state index contributed by atoms with van der Waals surface area (Å²) in [6.07, 6.45) is 5.93. The first-order chi connectivity index (χ1) is 8.83. The summed E-state index contributed by atoms with van der Waals surface area (Å²) < 4.78 is 5.24. The van der Waals surface area contributed by atoms with Crippen molar-refractivity contribution in [3.8, 4) is 11.8 Å². The molecular weight excluding hydrogens is 242 g/mol. The first kappa shape index (κ1) is 13.3. The third kappa shape index (κ3) is 3.43. The van der Waals surface area contributed by atoms with Crippen LogP contribution >= 0.6 is 11.8 Å². The van der Waals surface area contributed by atoms with E-state index in [9.17, 15) is 5.26 Å². The standard InChI is InChI=1S/C15H19NOS/c1-17-13-7-5-8-14(10-13)18-15-9-4-2-3-6-12(15)11-16/h5,7-8,10,12,15H,2-4,6,9H2,1H3. The zero-order valence-electron chi connectivity index (χ0n) is 10.8. The lowest BCUT2D eigenvalue weighted by molar-refractivity contribution is 0.413. The summed E-state index contributed by atoms with van der Waals surface area (Å²) in [7, 11) is 1.69. The second-order valence-electron chi connectivity index (χ2n) is 4.71. The Hall–Kier alpha value is -1.14. The van der Waals surface area contributed by atoms with Gasteiger partial charge in [-0.25, -0.2) is 0 Å². The molecule has 1 saturated carbocycles. The van der Waals surface area contributed by atoms with E-state index in [0.29, 0.717) is 5.25 Å². The zero-order chi connectivity index (χ0) is 12.8. The lowest BCUT2D eigenvalue weighted by atomic mass is 10.0. The molecule has 3 heteroatoms. The maximum atomic E-state index is 9.28. The topological polar surface area (TPSA) is 33.0 Å². The highest BCUT2D eigenvalue weighted by Crippen LogP contribution is 2.37. The molecule has 0 spiro atoms. The third-order valence-corrected chi connectivity index (χ3v) is 4.84. The Bertz CT molecular complexity index is 427. The van der Waals surface area contributed by atoms with Gasteiger partial charge >= 0.3 is 0 Å². The highest BCUT2D eigenvalue weighted by molar-refractivity contribution is 8.00. The number of benzene rings is 1. The van der Waals surface area contributed by atoms with Crippen molar-refractivity contribution >= 4 is 11.8 Å². The molecule has 1 aromatic carbocycles. The predicted molar refractivity (Wildman–Crippen MR) is 74.8 cm³/mol. The van der Waals surface area contributed by atoms with Gasteiger partial charge in [-0.1, -0.05) is 25.3 Å². The minimum atomic E-state index is 0.198. The van der Waals surface area contributed by atoms with Crippen LogP contribution in [0.25, 0.3) is 0 Å². The van der Waals surface area contributed by atoms with Gasteiger partial charge in [0.1, 0.15) is 5.75 Å². The van der Waals surface area contributed by atoms with Gasteiger partial charge in [-0.05, 0) is 31.0 Å². The van der Waals surface area contributed by atoms with Crippen LogP contribution in [-0.2, 0) is 0 Å². The average Bonchev–Trinajstić information content (AvgIpc) is 2.64. The van der Waals surface area contributed by atoms with Gasteiger partial charge in [-0.2, -0.15) is 5.26 Å². The van der Waals surface area contributed by atoms with Gasteiger partial charge in [0.25, 0.3) is 0 Å². The Kier molecular flexibility index (Phi) is 4.95. The van der Waals surface area contributed by atoms with E-state index in [0.717, 1.165) is 18.6 Å². The number of nitriles is 1. The van der Waals surface area contributed by atoms with E-state index in [-0.39, 0.29) is 5.92 Å². The molecule has 18 heavy (non-hydrogen) atoms. The molecular formula is C15H19NOS. The summed E-state index contributed by atoms with van der Waals surface area (Å²) >= 11 is 1.84. The van der Waals surface area contributed by atoms with Crippen molar-refractivity contribution in [2.24, 2.45) is 5.92 Å². The minimum Gasteiger partial charge on any atom is -0.497 e. The fraction of sp³-hybridized carbons (Fsp3) is 0.533. The molecule has 1 aliphatic rings. The molecule has 2 unspecified atom stereocenters. The average molecular weight is 261 g/mol. The monoisotopic (exact) mass is 261 g/mol. The Morgan fingerprint density at radius 3 is 2.89 bits per heavy atom. The fourth-order valence-corrected chi connectivity index (χ4v) is 3.75. The second kappa shape index (κ2) is 6.70. The SMILES string of the molecule is COc1cccc(SC2CCCCCC2C#N)c1. The van der Waals surface area contributed by atoms with E-state index in [2.05, 4.69) is 18.2 Å². The molecule has 0 heterocycles. The lowest BCUT2D eigenvalue weighted by Gasteiger charge is -2.18. The summed E-state index contributed by atoms with van der Waals surface area (Å²) in [6.45, 7) is 0. The summed E-state index contributed by atoms with van der Waals surface area (Å²) in [4.78, 5) is 1.21. The third-order valence-electron chi connectivity index (χ3n) is 3.45. The Morgan fingerprint density at radius 1 is 1.28 bits per heavy atom. The number of thioether (sulfide) groups is 1. The largest absolute Gasteiger partial charge is 0.497 e.